The molecule has 5 heteroatoms. The van der Waals surface area contributed by atoms with Gasteiger partial charge in [-0.3, -0.25) is 4.79 Å². The molecule has 5 nitrogen and oxygen atoms in total. The van der Waals surface area contributed by atoms with Gasteiger partial charge in [0, 0.05) is 51.5 Å². The fourth-order valence-corrected chi connectivity index (χ4v) is 3.51. The number of aryl methyl sites for hydroxylation is 1. The molecular weight excluding hydrogens is 326 g/mol. The van der Waals surface area contributed by atoms with Crippen molar-refractivity contribution in [2.24, 2.45) is 0 Å². The van der Waals surface area contributed by atoms with Crippen LogP contribution in [-0.2, 0) is 0 Å². The normalized spacial score (nSPS) is 14.3. The second-order valence-corrected chi connectivity index (χ2v) is 6.85. The highest BCUT2D eigenvalue weighted by Gasteiger charge is 2.24. The first-order valence-corrected chi connectivity index (χ1v) is 8.96. The topological polar surface area (TPSA) is 36.0 Å². The van der Waals surface area contributed by atoms with Crippen molar-refractivity contribution < 1.29 is 9.53 Å². The molecule has 1 heterocycles. The molecule has 1 aliphatic rings. The number of hydrogen-bond donors (Lipinski definition) is 0. The summed E-state index contributed by atoms with van der Waals surface area (Å²) in [5.41, 5.74) is 4.11. The van der Waals surface area contributed by atoms with Gasteiger partial charge < -0.3 is 19.4 Å². The Balaban J connectivity index is 1.68. The maximum atomic E-state index is 12.9. The van der Waals surface area contributed by atoms with Gasteiger partial charge in [0.25, 0.3) is 5.91 Å². The second-order valence-electron chi connectivity index (χ2n) is 6.85. The van der Waals surface area contributed by atoms with E-state index in [0.29, 0.717) is 13.1 Å². The van der Waals surface area contributed by atoms with Crippen molar-refractivity contribution in [3.8, 4) is 5.75 Å². The molecule has 0 radical (unpaired) electrons. The van der Waals surface area contributed by atoms with Crippen molar-refractivity contribution in [1.29, 1.82) is 0 Å². The van der Waals surface area contributed by atoms with Crippen LogP contribution in [0, 0.1) is 6.92 Å². The number of carbonyl (C=O) groups is 1. The Kier molecular flexibility index (Phi) is 5.35. The summed E-state index contributed by atoms with van der Waals surface area (Å²) in [6.07, 6.45) is 0. The molecule has 0 aromatic heterocycles. The third-order valence-electron chi connectivity index (χ3n) is 4.92. The average Bonchev–Trinajstić information content (AvgIpc) is 2.67. The van der Waals surface area contributed by atoms with Crippen molar-refractivity contribution in [3.63, 3.8) is 0 Å². The first-order valence-electron chi connectivity index (χ1n) is 8.96. The maximum Gasteiger partial charge on any atom is 0.253 e. The summed E-state index contributed by atoms with van der Waals surface area (Å²) >= 11 is 0. The number of methoxy groups -OCH3 is 1. The number of hydrogen-bond acceptors (Lipinski definition) is 4. The van der Waals surface area contributed by atoms with Gasteiger partial charge in [0.15, 0.2) is 0 Å². The number of nitrogens with zero attached hydrogens (tertiary/aromatic N) is 3. The monoisotopic (exact) mass is 353 g/mol. The number of para-hydroxylation sites is 2. The Morgan fingerprint density at radius 2 is 1.73 bits per heavy atom. The van der Waals surface area contributed by atoms with Gasteiger partial charge in [-0.2, -0.15) is 0 Å². The minimum Gasteiger partial charge on any atom is -0.495 e. The molecule has 2 aromatic carbocycles. The molecule has 0 spiro atoms. The molecule has 138 valence electrons. The number of piperazine rings is 1. The van der Waals surface area contributed by atoms with Crippen molar-refractivity contribution in [2.75, 3.05) is 57.2 Å². The standard InChI is InChI=1S/C21H27N3O2/c1-16-15-17(9-10-18(16)22(2)3)21(25)24-13-11-23(12-14-24)19-7-5-6-8-20(19)26-4/h5-10,15H,11-14H2,1-4H3. The lowest BCUT2D eigenvalue weighted by atomic mass is 10.1. The summed E-state index contributed by atoms with van der Waals surface area (Å²) in [4.78, 5) is 19.2. The predicted molar refractivity (Wildman–Crippen MR) is 107 cm³/mol. The van der Waals surface area contributed by atoms with Crippen LogP contribution in [0.15, 0.2) is 42.5 Å². The summed E-state index contributed by atoms with van der Waals surface area (Å²) in [6.45, 7) is 5.09. The van der Waals surface area contributed by atoms with Crippen LogP contribution in [0.3, 0.4) is 0 Å². The number of benzene rings is 2. The van der Waals surface area contributed by atoms with E-state index in [4.69, 9.17) is 4.74 Å². The number of amides is 1. The lowest BCUT2D eigenvalue weighted by molar-refractivity contribution is 0.0746. The Morgan fingerprint density at radius 1 is 1.04 bits per heavy atom. The van der Waals surface area contributed by atoms with Gasteiger partial charge in [0.2, 0.25) is 0 Å². The lowest BCUT2D eigenvalue weighted by Crippen LogP contribution is -2.48. The highest BCUT2D eigenvalue weighted by Crippen LogP contribution is 2.28. The molecule has 0 saturated carbocycles. The molecule has 0 aliphatic carbocycles. The molecule has 26 heavy (non-hydrogen) atoms. The highest BCUT2D eigenvalue weighted by atomic mass is 16.5. The molecule has 3 rings (SSSR count). The Morgan fingerprint density at radius 3 is 2.35 bits per heavy atom. The van der Waals surface area contributed by atoms with E-state index in [0.717, 1.165) is 41.3 Å². The molecule has 1 amide bonds. The van der Waals surface area contributed by atoms with E-state index < -0.39 is 0 Å². The predicted octanol–water partition coefficient (Wildman–Crippen LogP) is 3.03. The Labute approximate surface area is 155 Å². The maximum absolute atomic E-state index is 12.9. The van der Waals surface area contributed by atoms with Crippen molar-refractivity contribution in [2.45, 2.75) is 6.92 Å². The molecule has 0 atom stereocenters. The Bertz CT molecular complexity index is 781. The Hall–Kier alpha value is -2.69. The molecule has 1 saturated heterocycles. The molecule has 1 aliphatic heterocycles. The van der Waals surface area contributed by atoms with Gasteiger partial charge in [-0.1, -0.05) is 12.1 Å². The van der Waals surface area contributed by atoms with E-state index in [-0.39, 0.29) is 5.91 Å². The summed E-state index contributed by atoms with van der Waals surface area (Å²) in [5, 5.41) is 0. The van der Waals surface area contributed by atoms with E-state index in [1.807, 2.05) is 62.3 Å². The zero-order chi connectivity index (χ0) is 18.7. The number of carbonyl (C=O) groups excluding carboxylic acids is 1. The summed E-state index contributed by atoms with van der Waals surface area (Å²) in [7, 11) is 5.72. The highest BCUT2D eigenvalue weighted by molar-refractivity contribution is 5.95. The minimum atomic E-state index is 0.109. The van der Waals surface area contributed by atoms with Crippen LogP contribution in [0.2, 0.25) is 0 Å². The van der Waals surface area contributed by atoms with Crippen LogP contribution in [0.1, 0.15) is 15.9 Å². The molecule has 0 bridgehead atoms. The average molecular weight is 353 g/mol. The van der Waals surface area contributed by atoms with Crippen LogP contribution in [0.4, 0.5) is 11.4 Å². The zero-order valence-electron chi connectivity index (χ0n) is 16.0. The van der Waals surface area contributed by atoms with Crippen molar-refractivity contribution >= 4 is 17.3 Å². The quantitative estimate of drug-likeness (QED) is 0.846. The van der Waals surface area contributed by atoms with Crippen LogP contribution in [0.5, 0.6) is 5.75 Å². The molecule has 0 N–H and O–H groups in total. The molecule has 0 unspecified atom stereocenters. The van der Waals surface area contributed by atoms with Gasteiger partial charge in [0.1, 0.15) is 5.75 Å². The summed E-state index contributed by atoms with van der Waals surface area (Å²) < 4.78 is 5.46. The van der Waals surface area contributed by atoms with Gasteiger partial charge in [0.05, 0.1) is 12.8 Å². The van der Waals surface area contributed by atoms with Gasteiger partial charge >= 0.3 is 0 Å². The smallest absolute Gasteiger partial charge is 0.253 e. The SMILES string of the molecule is COc1ccccc1N1CCN(C(=O)c2ccc(N(C)C)c(C)c2)CC1. The van der Waals surface area contributed by atoms with E-state index in [1.165, 1.54) is 0 Å². The summed E-state index contributed by atoms with van der Waals surface area (Å²) in [6, 6.07) is 14.0. The molecule has 2 aromatic rings. The molecule has 1 fully saturated rings. The van der Waals surface area contributed by atoms with Crippen LogP contribution >= 0.6 is 0 Å². The van der Waals surface area contributed by atoms with Crippen LogP contribution < -0.4 is 14.5 Å². The molecular formula is C21H27N3O2. The van der Waals surface area contributed by atoms with E-state index in [2.05, 4.69) is 15.9 Å². The largest absolute Gasteiger partial charge is 0.495 e. The van der Waals surface area contributed by atoms with E-state index >= 15 is 0 Å². The first-order chi connectivity index (χ1) is 12.5. The minimum absolute atomic E-state index is 0.109. The summed E-state index contributed by atoms with van der Waals surface area (Å²) in [5.74, 6) is 0.986. The zero-order valence-corrected chi connectivity index (χ0v) is 16.0. The third-order valence-corrected chi connectivity index (χ3v) is 4.92. The van der Waals surface area contributed by atoms with Crippen molar-refractivity contribution in [3.05, 3.63) is 53.6 Å². The van der Waals surface area contributed by atoms with Crippen molar-refractivity contribution in [1.82, 2.24) is 4.90 Å². The van der Waals surface area contributed by atoms with Gasteiger partial charge in [-0.15, -0.1) is 0 Å². The van der Waals surface area contributed by atoms with Crippen LogP contribution in [0.25, 0.3) is 0 Å². The van der Waals surface area contributed by atoms with Gasteiger partial charge in [-0.25, -0.2) is 0 Å². The van der Waals surface area contributed by atoms with Gasteiger partial charge in [-0.05, 0) is 42.8 Å². The number of rotatable bonds is 4. The first kappa shape index (κ1) is 18.1. The number of anilines is 2. The fraction of sp³-hybridized carbons (Fsp3) is 0.381. The van der Waals surface area contributed by atoms with E-state index in [9.17, 15) is 4.79 Å². The number of ether oxygens (including phenoxy) is 1. The second kappa shape index (κ2) is 7.68. The fourth-order valence-electron chi connectivity index (χ4n) is 3.51. The van der Waals surface area contributed by atoms with Crippen LogP contribution in [-0.4, -0.2) is 58.2 Å². The van der Waals surface area contributed by atoms with E-state index in [1.54, 1.807) is 7.11 Å². The third kappa shape index (κ3) is 3.62. The lowest BCUT2D eigenvalue weighted by Gasteiger charge is -2.36.